The minimum Gasteiger partial charge on any atom is -0.480 e. The average molecular weight is 199 g/mol. The van der Waals surface area contributed by atoms with E-state index >= 15 is 0 Å². The zero-order valence-corrected chi connectivity index (χ0v) is 9.55. The SMILES string of the molecule is CC(C)(C)CNC(C)(C(=O)O)C1CC1. The molecule has 0 aromatic rings. The number of hydrogen-bond acceptors (Lipinski definition) is 2. The molecule has 3 heteroatoms. The van der Waals surface area contributed by atoms with Crippen LogP contribution in [0.25, 0.3) is 0 Å². The minimum absolute atomic E-state index is 0.131. The number of rotatable bonds is 4. The van der Waals surface area contributed by atoms with Crippen molar-refractivity contribution < 1.29 is 9.90 Å². The summed E-state index contributed by atoms with van der Waals surface area (Å²) in [5.41, 5.74) is -0.584. The summed E-state index contributed by atoms with van der Waals surface area (Å²) in [7, 11) is 0. The molecule has 0 aliphatic heterocycles. The van der Waals surface area contributed by atoms with Crippen molar-refractivity contribution in [2.75, 3.05) is 6.54 Å². The van der Waals surface area contributed by atoms with Crippen LogP contribution in [-0.2, 0) is 4.79 Å². The van der Waals surface area contributed by atoms with E-state index in [4.69, 9.17) is 0 Å². The lowest BCUT2D eigenvalue weighted by molar-refractivity contribution is -0.145. The standard InChI is InChI=1S/C11H21NO2/c1-10(2,3)7-12-11(4,9(13)14)8-5-6-8/h8,12H,5-7H2,1-4H3,(H,13,14). The number of carboxylic acids is 1. The van der Waals surface area contributed by atoms with Gasteiger partial charge in [0.2, 0.25) is 0 Å². The quantitative estimate of drug-likeness (QED) is 0.726. The second kappa shape index (κ2) is 3.54. The largest absolute Gasteiger partial charge is 0.480 e. The Morgan fingerprint density at radius 3 is 2.14 bits per heavy atom. The first kappa shape index (κ1) is 11.5. The summed E-state index contributed by atoms with van der Waals surface area (Å²) in [5.74, 6) is -0.397. The van der Waals surface area contributed by atoms with Gasteiger partial charge in [0.25, 0.3) is 0 Å². The molecule has 0 heterocycles. The Morgan fingerprint density at radius 1 is 1.36 bits per heavy atom. The van der Waals surface area contributed by atoms with Gasteiger partial charge in [-0.3, -0.25) is 4.79 Å². The van der Waals surface area contributed by atoms with Gasteiger partial charge in [0.05, 0.1) is 0 Å². The van der Waals surface area contributed by atoms with Crippen LogP contribution in [0.4, 0.5) is 0 Å². The van der Waals surface area contributed by atoms with Crippen molar-refractivity contribution in [2.45, 2.75) is 46.1 Å². The third-order valence-corrected chi connectivity index (χ3v) is 2.82. The van der Waals surface area contributed by atoms with Gasteiger partial charge in [-0.1, -0.05) is 20.8 Å². The summed E-state index contributed by atoms with van der Waals surface area (Å²) in [5, 5.41) is 12.4. The Morgan fingerprint density at radius 2 is 1.86 bits per heavy atom. The molecule has 1 saturated carbocycles. The molecule has 0 bridgehead atoms. The summed E-state index contributed by atoms with van der Waals surface area (Å²) in [6, 6.07) is 0. The van der Waals surface area contributed by atoms with Gasteiger partial charge >= 0.3 is 5.97 Å². The van der Waals surface area contributed by atoms with Crippen LogP contribution < -0.4 is 5.32 Å². The van der Waals surface area contributed by atoms with Crippen molar-refractivity contribution in [3.63, 3.8) is 0 Å². The highest BCUT2D eigenvalue weighted by Gasteiger charge is 2.47. The van der Waals surface area contributed by atoms with Gasteiger partial charge in [-0.2, -0.15) is 0 Å². The van der Waals surface area contributed by atoms with E-state index in [9.17, 15) is 9.90 Å². The molecule has 2 N–H and O–H groups in total. The van der Waals surface area contributed by atoms with Crippen molar-refractivity contribution >= 4 is 5.97 Å². The van der Waals surface area contributed by atoms with E-state index in [0.717, 1.165) is 19.4 Å². The predicted molar refractivity (Wildman–Crippen MR) is 56.2 cm³/mol. The lowest BCUT2D eigenvalue weighted by atomic mass is 9.91. The van der Waals surface area contributed by atoms with E-state index in [1.54, 1.807) is 6.92 Å². The number of nitrogens with one attached hydrogen (secondary N) is 1. The second-order valence-corrected chi connectivity index (χ2v) is 5.70. The molecule has 1 rings (SSSR count). The highest BCUT2D eigenvalue weighted by atomic mass is 16.4. The van der Waals surface area contributed by atoms with E-state index in [1.165, 1.54) is 0 Å². The lowest BCUT2D eigenvalue weighted by Crippen LogP contribution is -2.53. The predicted octanol–water partition coefficient (Wildman–Crippen LogP) is 1.88. The van der Waals surface area contributed by atoms with Crippen LogP contribution in [0.2, 0.25) is 0 Å². The maximum absolute atomic E-state index is 11.2. The number of carboxylic acid groups (broad SMARTS) is 1. The van der Waals surface area contributed by atoms with Gasteiger partial charge < -0.3 is 10.4 Å². The average Bonchev–Trinajstić information content (AvgIpc) is 2.80. The fourth-order valence-electron chi connectivity index (χ4n) is 1.50. The summed E-state index contributed by atoms with van der Waals surface area (Å²) >= 11 is 0. The van der Waals surface area contributed by atoms with Gasteiger partial charge in [-0.05, 0) is 31.1 Å². The molecular weight excluding hydrogens is 178 g/mol. The zero-order chi connectivity index (χ0) is 11.0. The van der Waals surface area contributed by atoms with Crippen molar-refractivity contribution in [1.29, 1.82) is 0 Å². The molecule has 1 atom stereocenters. The van der Waals surface area contributed by atoms with Crippen molar-refractivity contribution in [2.24, 2.45) is 11.3 Å². The minimum atomic E-state index is -0.718. The van der Waals surface area contributed by atoms with E-state index in [0.29, 0.717) is 5.92 Å². The maximum Gasteiger partial charge on any atom is 0.323 e. The van der Waals surface area contributed by atoms with Gasteiger partial charge in [-0.25, -0.2) is 0 Å². The van der Waals surface area contributed by atoms with E-state index < -0.39 is 11.5 Å². The van der Waals surface area contributed by atoms with Gasteiger partial charge in [0.15, 0.2) is 0 Å². The number of carbonyl (C=O) groups is 1. The van der Waals surface area contributed by atoms with Crippen LogP contribution in [0.3, 0.4) is 0 Å². The van der Waals surface area contributed by atoms with Crippen LogP contribution in [0, 0.1) is 11.3 Å². The Kier molecular flexibility index (Phi) is 2.91. The molecule has 0 saturated heterocycles. The number of hydrogen-bond donors (Lipinski definition) is 2. The van der Waals surface area contributed by atoms with E-state index in [2.05, 4.69) is 26.1 Å². The molecule has 3 nitrogen and oxygen atoms in total. The monoisotopic (exact) mass is 199 g/mol. The molecule has 1 aliphatic carbocycles. The molecule has 0 aromatic carbocycles. The van der Waals surface area contributed by atoms with Crippen LogP contribution in [0.15, 0.2) is 0 Å². The molecule has 0 amide bonds. The third kappa shape index (κ3) is 2.71. The smallest absolute Gasteiger partial charge is 0.323 e. The highest BCUT2D eigenvalue weighted by Crippen LogP contribution is 2.40. The van der Waals surface area contributed by atoms with E-state index in [-0.39, 0.29) is 5.41 Å². The Bertz CT molecular complexity index is 228. The van der Waals surface area contributed by atoms with Crippen LogP contribution >= 0.6 is 0 Å². The first-order valence-corrected chi connectivity index (χ1v) is 5.24. The molecule has 0 spiro atoms. The first-order valence-electron chi connectivity index (χ1n) is 5.24. The first-order chi connectivity index (χ1) is 6.26. The van der Waals surface area contributed by atoms with Gasteiger partial charge in [-0.15, -0.1) is 0 Å². The van der Waals surface area contributed by atoms with Crippen LogP contribution in [0.5, 0.6) is 0 Å². The molecule has 82 valence electrons. The van der Waals surface area contributed by atoms with Crippen LogP contribution in [0.1, 0.15) is 40.5 Å². The maximum atomic E-state index is 11.2. The van der Waals surface area contributed by atoms with Crippen molar-refractivity contribution in [3.8, 4) is 0 Å². The highest BCUT2D eigenvalue weighted by molar-refractivity contribution is 5.79. The Hall–Kier alpha value is -0.570. The van der Waals surface area contributed by atoms with Gasteiger partial charge in [0.1, 0.15) is 5.54 Å². The fourth-order valence-corrected chi connectivity index (χ4v) is 1.50. The lowest BCUT2D eigenvalue weighted by Gasteiger charge is -2.30. The van der Waals surface area contributed by atoms with Gasteiger partial charge in [0, 0.05) is 6.54 Å². The topological polar surface area (TPSA) is 49.3 Å². The fraction of sp³-hybridized carbons (Fsp3) is 0.909. The molecule has 14 heavy (non-hydrogen) atoms. The van der Waals surface area contributed by atoms with E-state index in [1.807, 2.05) is 0 Å². The Balaban J connectivity index is 2.56. The Labute approximate surface area is 85.9 Å². The third-order valence-electron chi connectivity index (χ3n) is 2.82. The summed E-state index contributed by atoms with van der Waals surface area (Å²) in [4.78, 5) is 11.2. The molecular formula is C11H21NO2. The summed E-state index contributed by atoms with van der Waals surface area (Å²) in [6.07, 6.45) is 2.08. The van der Waals surface area contributed by atoms with Crippen LogP contribution in [-0.4, -0.2) is 23.2 Å². The normalized spacial score (nSPS) is 21.7. The van der Waals surface area contributed by atoms with Crippen molar-refractivity contribution in [1.82, 2.24) is 5.32 Å². The molecule has 0 radical (unpaired) electrons. The molecule has 1 unspecified atom stereocenters. The summed E-state index contributed by atoms with van der Waals surface area (Å²) in [6.45, 7) is 8.87. The number of aliphatic carboxylic acids is 1. The zero-order valence-electron chi connectivity index (χ0n) is 9.55. The summed E-state index contributed by atoms with van der Waals surface area (Å²) < 4.78 is 0. The second-order valence-electron chi connectivity index (χ2n) is 5.70. The molecule has 1 fully saturated rings. The van der Waals surface area contributed by atoms with Crippen molar-refractivity contribution in [3.05, 3.63) is 0 Å². The molecule has 0 aromatic heterocycles. The molecule has 1 aliphatic rings.